The van der Waals surface area contributed by atoms with Crippen LogP contribution in [-0.2, 0) is 4.74 Å². The Kier molecular flexibility index (Phi) is 4.79. The van der Waals surface area contributed by atoms with E-state index in [1.54, 1.807) is 14.2 Å². The third-order valence-corrected chi connectivity index (χ3v) is 3.07. The zero-order valence-electron chi connectivity index (χ0n) is 12.3. The Labute approximate surface area is 115 Å². The zero-order valence-corrected chi connectivity index (χ0v) is 12.3. The van der Waals surface area contributed by atoms with Crippen LogP contribution in [0.1, 0.15) is 27.2 Å². The van der Waals surface area contributed by atoms with E-state index in [1.165, 1.54) is 0 Å². The summed E-state index contributed by atoms with van der Waals surface area (Å²) >= 11 is 0. The van der Waals surface area contributed by atoms with E-state index in [9.17, 15) is 5.26 Å². The summed E-state index contributed by atoms with van der Waals surface area (Å²) in [5.41, 5.74) is -0.210. The van der Waals surface area contributed by atoms with Crippen molar-refractivity contribution in [2.45, 2.75) is 38.3 Å². The third-order valence-electron chi connectivity index (χ3n) is 3.07. The molecule has 4 heteroatoms. The van der Waals surface area contributed by atoms with E-state index >= 15 is 0 Å². The second kappa shape index (κ2) is 5.94. The summed E-state index contributed by atoms with van der Waals surface area (Å²) in [5.74, 6) is 0.760. The minimum Gasteiger partial charge on any atom is -0.497 e. The highest BCUT2D eigenvalue weighted by Gasteiger charge is 2.32. The summed E-state index contributed by atoms with van der Waals surface area (Å²) < 4.78 is 10.6. The maximum Gasteiger partial charge on any atom is 0.125 e. The molecule has 0 aliphatic heterocycles. The van der Waals surface area contributed by atoms with Crippen LogP contribution >= 0.6 is 0 Å². The van der Waals surface area contributed by atoms with Crippen LogP contribution in [0.25, 0.3) is 0 Å². The van der Waals surface area contributed by atoms with E-state index in [4.69, 9.17) is 9.47 Å². The summed E-state index contributed by atoms with van der Waals surface area (Å²) in [7, 11) is 3.28. The molecule has 19 heavy (non-hydrogen) atoms. The van der Waals surface area contributed by atoms with Gasteiger partial charge in [-0.15, -0.1) is 0 Å². The quantitative estimate of drug-likeness (QED) is 0.855. The van der Waals surface area contributed by atoms with Crippen molar-refractivity contribution in [1.82, 2.24) is 0 Å². The summed E-state index contributed by atoms with van der Waals surface area (Å²) in [5, 5.41) is 12.7. The van der Waals surface area contributed by atoms with Crippen molar-refractivity contribution in [2.24, 2.45) is 0 Å². The Morgan fingerprint density at radius 2 is 1.95 bits per heavy atom. The predicted octanol–water partition coefficient (Wildman–Crippen LogP) is 3.20. The van der Waals surface area contributed by atoms with E-state index in [0.717, 1.165) is 11.4 Å². The molecule has 1 aromatic carbocycles. The average molecular weight is 262 g/mol. The van der Waals surface area contributed by atoms with Gasteiger partial charge in [0.15, 0.2) is 0 Å². The van der Waals surface area contributed by atoms with Gasteiger partial charge in [0, 0.05) is 25.3 Å². The molecule has 1 rings (SSSR count). The molecule has 0 aromatic heterocycles. The van der Waals surface area contributed by atoms with Crippen LogP contribution in [0.15, 0.2) is 24.3 Å². The van der Waals surface area contributed by atoms with Crippen molar-refractivity contribution in [2.75, 3.05) is 19.5 Å². The minimum absolute atomic E-state index is 0.365. The molecule has 0 amide bonds. The van der Waals surface area contributed by atoms with Crippen molar-refractivity contribution < 1.29 is 9.47 Å². The van der Waals surface area contributed by atoms with Crippen LogP contribution in [0.3, 0.4) is 0 Å². The van der Waals surface area contributed by atoms with E-state index in [-0.39, 0.29) is 5.60 Å². The Morgan fingerprint density at radius 1 is 1.26 bits per heavy atom. The van der Waals surface area contributed by atoms with Crippen LogP contribution < -0.4 is 10.1 Å². The van der Waals surface area contributed by atoms with Gasteiger partial charge in [-0.2, -0.15) is 5.26 Å². The Bertz CT molecular complexity index is 465. The van der Waals surface area contributed by atoms with Crippen molar-refractivity contribution in [3.63, 3.8) is 0 Å². The van der Waals surface area contributed by atoms with Gasteiger partial charge in [0.2, 0.25) is 0 Å². The number of hydrogen-bond donors (Lipinski definition) is 1. The molecule has 0 saturated heterocycles. The molecule has 1 N–H and O–H groups in total. The van der Waals surface area contributed by atoms with Gasteiger partial charge in [0.25, 0.3) is 0 Å². The Hall–Kier alpha value is -1.73. The largest absolute Gasteiger partial charge is 0.497 e. The lowest BCUT2D eigenvalue weighted by Crippen LogP contribution is -2.41. The molecule has 1 atom stereocenters. The van der Waals surface area contributed by atoms with Crippen molar-refractivity contribution in [1.29, 1.82) is 5.26 Å². The van der Waals surface area contributed by atoms with Crippen molar-refractivity contribution in [3.05, 3.63) is 24.3 Å². The van der Waals surface area contributed by atoms with E-state index in [1.807, 2.05) is 45.0 Å². The number of methoxy groups -OCH3 is 2. The van der Waals surface area contributed by atoms with Gasteiger partial charge in [-0.1, -0.05) is 6.07 Å². The molecule has 0 fully saturated rings. The molecular formula is C15H22N2O2. The summed E-state index contributed by atoms with van der Waals surface area (Å²) in [6.45, 7) is 5.80. The second-order valence-electron chi connectivity index (χ2n) is 5.44. The first-order chi connectivity index (χ1) is 8.84. The molecular weight excluding hydrogens is 240 g/mol. The van der Waals surface area contributed by atoms with Gasteiger partial charge in [-0.05, 0) is 32.9 Å². The lowest BCUT2D eigenvalue weighted by Gasteiger charge is -2.33. The smallest absolute Gasteiger partial charge is 0.125 e. The van der Waals surface area contributed by atoms with Gasteiger partial charge in [0.05, 0.1) is 18.8 Å². The first-order valence-corrected chi connectivity index (χ1v) is 6.23. The molecule has 0 radical (unpaired) electrons. The van der Waals surface area contributed by atoms with Crippen LogP contribution in [0.5, 0.6) is 5.75 Å². The van der Waals surface area contributed by atoms with Gasteiger partial charge in [-0.25, -0.2) is 0 Å². The van der Waals surface area contributed by atoms with Crippen LogP contribution in [0.2, 0.25) is 0 Å². The first-order valence-electron chi connectivity index (χ1n) is 6.23. The number of ether oxygens (including phenoxy) is 2. The monoisotopic (exact) mass is 262 g/mol. The van der Waals surface area contributed by atoms with Crippen molar-refractivity contribution in [3.8, 4) is 11.8 Å². The van der Waals surface area contributed by atoms with E-state index < -0.39 is 5.54 Å². The fourth-order valence-electron chi connectivity index (χ4n) is 2.05. The molecule has 4 nitrogen and oxygen atoms in total. The normalized spacial score (nSPS) is 14.3. The van der Waals surface area contributed by atoms with E-state index in [0.29, 0.717) is 6.42 Å². The molecule has 0 saturated carbocycles. The van der Waals surface area contributed by atoms with Gasteiger partial charge < -0.3 is 14.8 Å². The number of anilines is 1. The van der Waals surface area contributed by atoms with Gasteiger partial charge in [-0.3, -0.25) is 0 Å². The number of benzene rings is 1. The van der Waals surface area contributed by atoms with Crippen LogP contribution in [0, 0.1) is 11.3 Å². The van der Waals surface area contributed by atoms with E-state index in [2.05, 4.69) is 11.4 Å². The lowest BCUT2D eigenvalue weighted by atomic mass is 9.88. The predicted molar refractivity (Wildman–Crippen MR) is 76.3 cm³/mol. The van der Waals surface area contributed by atoms with Crippen LogP contribution in [-0.4, -0.2) is 25.4 Å². The standard InChI is InChI=1S/C15H22N2O2/c1-14(2,19-5)10-15(3,11-16)17-12-7-6-8-13(9-12)18-4/h6-9,17H,10H2,1-5H3. The Morgan fingerprint density at radius 3 is 2.47 bits per heavy atom. The maximum atomic E-state index is 9.43. The van der Waals surface area contributed by atoms with Crippen LogP contribution in [0.4, 0.5) is 5.69 Å². The highest BCUT2D eigenvalue weighted by molar-refractivity contribution is 5.51. The Balaban J connectivity index is 2.89. The zero-order chi connectivity index (χ0) is 14.5. The molecule has 0 aliphatic rings. The molecule has 1 unspecified atom stereocenters. The number of nitrogens with zero attached hydrogens (tertiary/aromatic N) is 1. The summed E-state index contributed by atoms with van der Waals surface area (Å²) in [6.07, 6.45) is 0.574. The lowest BCUT2D eigenvalue weighted by molar-refractivity contribution is 0.00725. The summed E-state index contributed by atoms with van der Waals surface area (Å²) in [4.78, 5) is 0. The van der Waals surface area contributed by atoms with Gasteiger partial charge in [0.1, 0.15) is 11.3 Å². The maximum absolute atomic E-state index is 9.43. The molecule has 0 heterocycles. The SMILES string of the molecule is COc1cccc(NC(C)(C#N)CC(C)(C)OC)c1. The number of nitrogens with one attached hydrogen (secondary N) is 1. The first kappa shape index (κ1) is 15.3. The molecule has 0 spiro atoms. The number of nitriles is 1. The topological polar surface area (TPSA) is 54.3 Å². The van der Waals surface area contributed by atoms with Gasteiger partial charge >= 0.3 is 0 Å². The fourth-order valence-corrected chi connectivity index (χ4v) is 2.05. The molecule has 104 valence electrons. The fraction of sp³-hybridized carbons (Fsp3) is 0.533. The minimum atomic E-state index is -0.703. The number of rotatable bonds is 6. The molecule has 0 aliphatic carbocycles. The number of hydrogen-bond acceptors (Lipinski definition) is 4. The molecule has 0 bridgehead atoms. The second-order valence-corrected chi connectivity index (χ2v) is 5.44. The average Bonchev–Trinajstić information content (AvgIpc) is 2.38. The van der Waals surface area contributed by atoms with Crippen molar-refractivity contribution >= 4 is 5.69 Å². The molecule has 1 aromatic rings. The third kappa shape index (κ3) is 4.46. The summed E-state index contributed by atoms with van der Waals surface area (Å²) in [6, 6.07) is 9.87. The highest BCUT2D eigenvalue weighted by Crippen LogP contribution is 2.27. The highest BCUT2D eigenvalue weighted by atomic mass is 16.5.